The smallest absolute Gasteiger partial charge is 0.230 e. The molecule has 0 aromatic heterocycles. The highest BCUT2D eigenvalue weighted by Crippen LogP contribution is 2.23. The average molecular weight is 300 g/mol. The van der Waals surface area contributed by atoms with Crippen LogP contribution in [0.4, 0.5) is 0 Å². The van der Waals surface area contributed by atoms with Crippen molar-refractivity contribution in [3.05, 3.63) is 35.9 Å². The molecule has 5 heteroatoms. The fraction of sp³-hybridized carbons (Fsp3) is 0.471. The molecule has 1 aromatic rings. The molecule has 0 aliphatic carbocycles. The number of hydrogen-bond acceptors (Lipinski definition) is 3. The van der Waals surface area contributed by atoms with E-state index in [1.165, 1.54) is 10.5 Å². The fourth-order valence-corrected chi connectivity index (χ4v) is 3.07. The first-order chi connectivity index (χ1) is 10.6. The van der Waals surface area contributed by atoms with Gasteiger partial charge in [0.1, 0.15) is 0 Å². The van der Waals surface area contributed by atoms with E-state index in [2.05, 4.69) is 12.1 Å². The van der Waals surface area contributed by atoms with Crippen LogP contribution in [0, 0.1) is 0 Å². The van der Waals surface area contributed by atoms with E-state index in [-0.39, 0.29) is 23.8 Å². The molecule has 2 heterocycles. The zero-order valence-corrected chi connectivity index (χ0v) is 12.5. The minimum atomic E-state index is -0.0967. The van der Waals surface area contributed by atoms with Gasteiger partial charge in [0.25, 0.3) is 0 Å². The van der Waals surface area contributed by atoms with E-state index < -0.39 is 0 Å². The number of benzene rings is 1. The van der Waals surface area contributed by atoms with Crippen LogP contribution in [0.2, 0.25) is 0 Å². The summed E-state index contributed by atoms with van der Waals surface area (Å²) in [5.41, 5.74) is 1.24. The summed E-state index contributed by atoms with van der Waals surface area (Å²) in [6.07, 6.45) is 2.88. The molecular formula is C17H20N2O3. The lowest BCUT2D eigenvalue weighted by molar-refractivity contribution is -0.151. The number of rotatable bonds is 5. The number of imide groups is 1. The minimum absolute atomic E-state index is 0.0915. The van der Waals surface area contributed by atoms with E-state index >= 15 is 0 Å². The number of carbonyl (C=O) groups is 3. The van der Waals surface area contributed by atoms with Gasteiger partial charge < -0.3 is 4.90 Å². The lowest BCUT2D eigenvalue weighted by Crippen LogP contribution is -2.62. The monoisotopic (exact) mass is 300 g/mol. The Morgan fingerprint density at radius 2 is 1.68 bits per heavy atom. The van der Waals surface area contributed by atoms with Crippen LogP contribution < -0.4 is 0 Å². The SMILES string of the molecule is O=C(CCCc1ccccc1)N1CC(N2C(=O)CCC2=O)C1. The van der Waals surface area contributed by atoms with Crippen LogP contribution >= 0.6 is 0 Å². The van der Waals surface area contributed by atoms with E-state index in [1.54, 1.807) is 4.90 Å². The molecule has 0 radical (unpaired) electrons. The lowest BCUT2D eigenvalue weighted by atomic mass is 10.0. The fourth-order valence-electron chi connectivity index (χ4n) is 3.07. The Bertz CT molecular complexity index is 563. The van der Waals surface area contributed by atoms with Crippen molar-refractivity contribution < 1.29 is 14.4 Å². The van der Waals surface area contributed by atoms with Gasteiger partial charge in [0.15, 0.2) is 0 Å². The molecule has 0 bridgehead atoms. The maximum Gasteiger partial charge on any atom is 0.230 e. The number of nitrogens with zero attached hydrogens (tertiary/aromatic N) is 2. The molecule has 0 spiro atoms. The first-order valence-electron chi connectivity index (χ1n) is 7.82. The Morgan fingerprint density at radius 3 is 2.32 bits per heavy atom. The number of hydrogen-bond donors (Lipinski definition) is 0. The maximum absolute atomic E-state index is 12.1. The van der Waals surface area contributed by atoms with Crippen LogP contribution in [0.15, 0.2) is 30.3 Å². The molecule has 5 nitrogen and oxygen atoms in total. The molecule has 0 saturated carbocycles. The van der Waals surface area contributed by atoms with Crippen molar-refractivity contribution in [2.24, 2.45) is 0 Å². The molecule has 0 atom stereocenters. The second-order valence-electron chi connectivity index (χ2n) is 5.95. The van der Waals surface area contributed by atoms with Crippen molar-refractivity contribution in [2.75, 3.05) is 13.1 Å². The molecule has 22 heavy (non-hydrogen) atoms. The van der Waals surface area contributed by atoms with Crippen molar-refractivity contribution in [3.63, 3.8) is 0 Å². The largest absolute Gasteiger partial charge is 0.338 e. The van der Waals surface area contributed by atoms with Crippen molar-refractivity contribution in [3.8, 4) is 0 Å². The summed E-state index contributed by atoms with van der Waals surface area (Å²) in [6, 6.07) is 10.0. The molecule has 3 rings (SSSR count). The van der Waals surface area contributed by atoms with E-state index in [4.69, 9.17) is 0 Å². The van der Waals surface area contributed by atoms with Gasteiger partial charge in [-0.15, -0.1) is 0 Å². The van der Waals surface area contributed by atoms with Crippen LogP contribution in [-0.4, -0.2) is 46.7 Å². The lowest BCUT2D eigenvalue weighted by Gasteiger charge is -2.43. The quantitative estimate of drug-likeness (QED) is 0.772. The Hall–Kier alpha value is -2.17. The first-order valence-corrected chi connectivity index (χ1v) is 7.82. The topological polar surface area (TPSA) is 57.7 Å². The van der Waals surface area contributed by atoms with Crippen LogP contribution in [0.5, 0.6) is 0 Å². The second-order valence-corrected chi connectivity index (χ2v) is 5.95. The molecule has 1 aromatic carbocycles. The normalized spacial score (nSPS) is 18.7. The first kappa shape index (κ1) is 14.8. The Labute approximate surface area is 129 Å². The Kier molecular flexibility index (Phi) is 4.22. The minimum Gasteiger partial charge on any atom is -0.338 e. The van der Waals surface area contributed by atoms with Crippen LogP contribution in [0.25, 0.3) is 0 Å². The van der Waals surface area contributed by atoms with Crippen molar-refractivity contribution in [1.82, 2.24) is 9.80 Å². The number of likely N-dealkylation sites (tertiary alicyclic amines) is 2. The van der Waals surface area contributed by atoms with Gasteiger partial charge in [0.05, 0.1) is 6.04 Å². The summed E-state index contributed by atoms with van der Waals surface area (Å²) < 4.78 is 0. The van der Waals surface area contributed by atoms with Crippen LogP contribution in [0.3, 0.4) is 0 Å². The predicted molar refractivity (Wildman–Crippen MR) is 80.8 cm³/mol. The number of amides is 3. The molecule has 2 aliphatic rings. The molecule has 2 saturated heterocycles. The highest BCUT2D eigenvalue weighted by atomic mass is 16.2. The number of aryl methyl sites for hydroxylation is 1. The molecular weight excluding hydrogens is 280 g/mol. The third-order valence-corrected chi connectivity index (χ3v) is 4.37. The molecule has 2 fully saturated rings. The van der Waals surface area contributed by atoms with E-state index in [1.807, 2.05) is 18.2 Å². The van der Waals surface area contributed by atoms with E-state index in [0.29, 0.717) is 32.4 Å². The Balaban J connectivity index is 1.40. The molecule has 3 amide bonds. The third-order valence-electron chi connectivity index (χ3n) is 4.37. The zero-order chi connectivity index (χ0) is 15.5. The summed E-state index contributed by atoms with van der Waals surface area (Å²) >= 11 is 0. The van der Waals surface area contributed by atoms with Gasteiger partial charge in [-0.25, -0.2) is 0 Å². The predicted octanol–water partition coefficient (Wildman–Crippen LogP) is 1.37. The van der Waals surface area contributed by atoms with Crippen molar-refractivity contribution >= 4 is 17.7 Å². The summed E-state index contributed by atoms with van der Waals surface area (Å²) in [6.45, 7) is 1.00. The summed E-state index contributed by atoms with van der Waals surface area (Å²) in [5.74, 6) is -0.0661. The third kappa shape index (κ3) is 3.03. The van der Waals surface area contributed by atoms with Crippen molar-refractivity contribution in [1.29, 1.82) is 0 Å². The van der Waals surface area contributed by atoms with Gasteiger partial charge in [0, 0.05) is 32.4 Å². The zero-order valence-electron chi connectivity index (χ0n) is 12.5. The summed E-state index contributed by atoms with van der Waals surface area (Å²) in [5, 5.41) is 0. The van der Waals surface area contributed by atoms with Gasteiger partial charge in [-0.1, -0.05) is 30.3 Å². The van der Waals surface area contributed by atoms with Crippen molar-refractivity contribution in [2.45, 2.75) is 38.1 Å². The van der Waals surface area contributed by atoms with Gasteiger partial charge in [-0.05, 0) is 18.4 Å². The van der Waals surface area contributed by atoms with Gasteiger partial charge in [-0.2, -0.15) is 0 Å². The Morgan fingerprint density at radius 1 is 1.05 bits per heavy atom. The van der Waals surface area contributed by atoms with E-state index in [0.717, 1.165) is 12.8 Å². The molecule has 0 unspecified atom stereocenters. The molecule has 2 aliphatic heterocycles. The van der Waals surface area contributed by atoms with Gasteiger partial charge >= 0.3 is 0 Å². The average Bonchev–Trinajstić information content (AvgIpc) is 2.79. The van der Waals surface area contributed by atoms with Gasteiger partial charge in [-0.3, -0.25) is 19.3 Å². The second kappa shape index (κ2) is 6.30. The van der Waals surface area contributed by atoms with Crippen LogP contribution in [0.1, 0.15) is 31.2 Å². The molecule has 0 N–H and O–H groups in total. The van der Waals surface area contributed by atoms with Crippen LogP contribution in [-0.2, 0) is 20.8 Å². The number of carbonyl (C=O) groups excluding carboxylic acids is 3. The standard InChI is InChI=1S/C17H20N2O3/c20-15(8-4-7-13-5-2-1-3-6-13)18-11-14(12-18)19-16(21)9-10-17(19)22/h1-3,5-6,14H,4,7-12H2. The maximum atomic E-state index is 12.1. The summed E-state index contributed by atoms with van der Waals surface area (Å²) in [7, 11) is 0. The van der Waals surface area contributed by atoms with Gasteiger partial charge in [0.2, 0.25) is 17.7 Å². The molecule has 116 valence electrons. The highest BCUT2D eigenvalue weighted by molar-refractivity contribution is 6.02. The highest BCUT2D eigenvalue weighted by Gasteiger charge is 2.42. The summed E-state index contributed by atoms with van der Waals surface area (Å²) in [4.78, 5) is 38.4. The van der Waals surface area contributed by atoms with E-state index in [9.17, 15) is 14.4 Å².